The molecule has 1 heterocycles. The maximum absolute atomic E-state index is 11.8. The van der Waals surface area contributed by atoms with Crippen LogP contribution in [0.2, 0.25) is 0 Å². The number of likely N-dealkylation sites (tertiary alicyclic amines) is 1. The van der Waals surface area contributed by atoms with Gasteiger partial charge in [0, 0.05) is 19.1 Å². The Labute approximate surface area is 105 Å². The fraction of sp³-hybridized carbons (Fsp3) is 0.923. The lowest BCUT2D eigenvalue weighted by Gasteiger charge is -2.39. The topological polar surface area (TPSA) is 41.6 Å². The van der Waals surface area contributed by atoms with Gasteiger partial charge in [-0.15, -0.1) is 0 Å². The molecule has 4 nitrogen and oxygen atoms in total. The third-order valence-corrected chi connectivity index (χ3v) is 3.44. The summed E-state index contributed by atoms with van der Waals surface area (Å²) in [6.45, 7) is 11.4. The Bertz CT molecular complexity index is 244. The summed E-state index contributed by atoms with van der Waals surface area (Å²) in [4.78, 5) is 13.6. The maximum atomic E-state index is 11.8. The lowest BCUT2D eigenvalue weighted by molar-refractivity contribution is 0.0707. The Morgan fingerprint density at radius 1 is 1.41 bits per heavy atom. The van der Waals surface area contributed by atoms with E-state index in [9.17, 15) is 4.79 Å². The molecule has 0 spiro atoms. The van der Waals surface area contributed by atoms with Crippen LogP contribution in [0.5, 0.6) is 0 Å². The van der Waals surface area contributed by atoms with Crippen molar-refractivity contribution in [2.24, 2.45) is 11.8 Å². The predicted molar refractivity (Wildman–Crippen MR) is 69.0 cm³/mol. The fourth-order valence-electron chi connectivity index (χ4n) is 2.42. The van der Waals surface area contributed by atoms with Gasteiger partial charge >= 0.3 is 6.09 Å². The molecule has 1 aliphatic rings. The molecule has 1 aliphatic heterocycles. The second-order valence-corrected chi connectivity index (χ2v) is 5.10. The van der Waals surface area contributed by atoms with Crippen LogP contribution in [0, 0.1) is 11.8 Å². The zero-order valence-electron chi connectivity index (χ0n) is 11.5. The van der Waals surface area contributed by atoms with Gasteiger partial charge in [0.25, 0.3) is 0 Å². The van der Waals surface area contributed by atoms with Gasteiger partial charge in [0.05, 0.1) is 6.61 Å². The van der Waals surface area contributed by atoms with E-state index in [1.165, 1.54) is 0 Å². The summed E-state index contributed by atoms with van der Waals surface area (Å²) in [6.07, 6.45) is 0.988. The standard InChI is InChI=1S/C13H26N2O2/c1-5-14-12-7-11(10(3)4)8-15(9-12)13(16)17-6-2/h10-12,14H,5-9H2,1-4H3. The van der Waals surface area contributed by atoms with E-state index in [0.717, 1.165) is 26.1 Å². The van der Waals surface area contributed by atoms with Gasteiger partial charge in [-0.05, 0) is 31.7 Å². The van der Waals surface area contributed by atoms with Crippen molar-refractivity contribution in [3.05, 3.63) is 0 Å². The minimum absolute atomic E-state index is 0.166. The van der Waals surface area contributed by atoms with Crippen LogP contribution in [0.15, 0.2) is 0 Å². The molecule has 0 radical (unpaired) electrons. The van der Waals surface area contributed by atoms with Crippen LogP contribution in [-0.4, -0.2) is 43.3 Å². The Hall–Kier alpha value is -0.770. The molecule has 0 aliphatic carbocycles. The van der Waals surface area contributed by atoms with Crippen LogP contribution < -0.4 is 5.32 Å². The SMILES string of the molecule is CCNC1CC(C(C)C)CN(C(=O)OCC)C1. The lowest BCUT2D eigenvalue weighted by Crippen LogP contribution is -2.52. The quantitative estimate of drug-likeness (QED) is 0.821. The number of hydrogen-bond donors (Lipinski definition) is 1. The van der Waals surface area contributed by atoms with Crippen molar-refractivity contribution in [2.45, 2.75) is 40.2 Å². The van der Waals surface area contributed by atoms with E-state index in [-0.39, 0.29) is 6.09 Å². The first kappa shape index (κ1) is 14.3. The minimum atomic E-state index is -0.166. The van der Waals surface area contributed by atoms with Crippen LogP contribution in [-0.2, 0) is 4.74 Å². The zero-order valence-corrected chi connectivity index (χ0v) is 11.5. The molecule has 0 saturated carbocycles. The van der Waals surface area contributed by atoms with E-state index in [4.69, 9.17) is 4.74 Å². The molecule has 0 aromatic carbocycles. The molecule has 4 heteroatoms. The molecule has 2 atom stereocenters. The van der Waals surface area contributed by atoms with Gasteiger partial charge in [-0.25, -0.2) is 4.79 Å². The van der Waals surface area contributed by atoms with Crippen molar-refractivity contribution < 1.29 is 9.53 Å². The molecule has 1 saturated heterocycles. The van der Waals surface area contributed by atoms with E-state index in [1.54, 1.807) is 0 Å². The number of hydrogen-bond acceptors (Lipinski definition) is 3. The third-order valence-electron chi connectivity index (χ3n) is 3.44. The van der Waals surface area contributed by atoms with E-state index < -0.39 is 0 Å². The van der Waals surface area contributed by atoms with Crippen molar-refractivity contribution in [3.8, 4) is 0 Å². The second kappa shape index (κ2) is 6.84. The highest BCUT2D eigenvalue weighted by Gasteiger charge is 2.31. The summed E-state index contributed by atoms with van der Waals surface area (Å²) in [7, 11) is 0. The normalized spacial score (nSPS) is 25.1. The number of nitrogens with one attached hydrogen (secondary N) is 1. The summed E-state index contributed by atoms with van der Waals surface area (Å²) < 4.78 is 5.10. The monoisotopic (exact) mass is 242 g/mol. The van der Waals surface area contributed by atoms with Crippen molar-refractivity contribution in [1.29, 1.82) is 0 Å². The molecule has 1 fully saturated rings. The van der Waals surface area contributed by atoms with Gasteiger partial charge in [-0.3, -0.25) is 0 Å². The highest BCUT2D eigenvalue weighted by Crippen LogP contribution is 2.24. The molecular formula is C13H26N2O2. The number of piperidine rings is 1. The molecular weight excluding hydrogens is 216 g/mol. The average Bonchev–Trinajstić information content (AvgIpc) is 2.29. The van der Waals surface area contributed by atoms with Gasteiger partial charge in [0.2, 0.25) is 0 Å². The van der Waals surface area contributed by atoms with Crippen LogP contribution in [0.25, 0.3) is 0 Å². The van der Waals surface area contributed by atoms with E-state index in [0.29, 0.717) is 24.5 Å². The molecule has 1 amide bonds. The first-order chi connectivity index (χ1) is 8.08. The van der Waals surface area contributed by atoms with E-state index in [1.807, 2.05) is 11.8 Å². The van der Waals surface area contributed by atoms with Crippen LogP contribution in [0.1, 0.15) is 34.1 Å². The second-order valence-electron chi connectivity index (χ2n) is 5.10. The van der Waals surface area contributed by atoms with E-state index in [2.05, 4.69) is 26.1 Å². The number of rotatable bonds is 4. The molecule has 0 aromatic heterocycles. The number of carbonyl (C=O) groups excluding carboxylic acids is 1. The van der Waals surface area contributed by atoms with E-state index >= 15 is 0 Å². The van der Waals surface area contributed by atoms with Crippen LogP contribution >= 0.6 is 0 Å². The summed E-state index contributed by atoms with van der Waals surface area (Å²) in [5.41, 5.74) is 0. The fourth-order valence-corrected chi connectivity index (χ4v) is 2.42. The number of amides is 1. The van der Waals surface area contributed by atoms with Crippen molar-refractivity contribution >= 4 is 6.09 Å². The molecule has 17 heavy (non-hydrogen) atoms. The number of ether oxygens (including phenoxy) is 1. The Morgan fingerprint density at radius 3 is 2.65 bits per heavy atom. The minimum Gasteiger partial charge on any atom is -0.450 e. The van der Waals surface area contributed by atoms with Gasteiger partial charge in [-0.1, -0.05) is 20.8 Å². The number of nitrogens with zero attached hydrogens (tertiary/aromatic N) is 1. The average molecular weight is 242 g/mol. The Morgan fingerprint density at radius 2 is 2.12 bits per heavy atom. The van der Waals surface area contributed by atoms with Crippen LogP contribution in [0.4, 0.5) is 4.79 Å². The van der Waals surface area contributed by atoms with Crippen molar-refractivity contribution in [1.82, 2.24) is 10.2 Å². The Kier molecular flexibility index (Phi) is 5.75. The first-order valence-corrected chi connectivity index (χ1v) is 6.73. The van der Waals surface area contributed by atoms with Crippen LogP contribution in [0.3, 0.4) is 0 Å². The highest BCUT2D eigenvalue weighted by atomic mass is 16.6. The summed E-state index contributed by atoms with van der Waals surface area (Å²) >= 11 is 0. The molecule has 0 bridgehead atoms. The summed E-state index contributed by atoms with van der Waals surface area (Å²) in [6, 6.07) is 0.408. The third kappa shape index (κ3) is 4.19. The van der Waals surface area contributed by atoms with Gasteiger partial charge in [0.15, 0.2) is 0 Å². The zero-order chi connectivity index (χ0) is 12.8. The lowest BCUT2D eigenvalue weighted by atomic mass is 9.85. The highest BCUT2D eigenvalue weighted by molar-refractivity contribution is 5.67. The Balaban J connectivity index is 2.61. The summed E-state index contributed by atoms with van der Waals surface area (Å²) in [5, 5.41) is 3.45. The maximum Gasteiger partial charge on any atom is 0.409 e. The van der Waals surface area contributed by atoms with Crippen molar-refractivity contribution in [3.63, 3.8) is 0 Å². The van der Waals surface area contributed by atoms with Gasteiger partial charge < -0.3 is 15.0 Å². The molecule has 0 aromatic rings. The summed E-state index contributed by atoms with van der Waals surface area (Å²) in [5.74, 6) is 1.17. The molecule has 1 N–H and O–H groups in total. The molecule has 1 rings (SSSR count). The molecule has 100 valence electrons. The smallest absolute Gasteiger partial charge is 0.409 e. The number of likely N-dealkylation sites (N-methyl/N-ethyl adjacent to an activating group) is 1. The largest absolute Gasteiger partial charge is 0.450 e. The molecule has 2 unspecified atom stereocenters. The van der Waals surface area contributed by atoms with Gasteiger partial charge in [0.1, 0.15) is 0 Å². The first-order valence-electron chi connectivity index (χ1n) is 6.73. The van der Waals surface area contributed by atoms with Crippen molar-refractivity contribution in [2.75, 3.05) is 26.2 Å². The van der Waals surface area contributed by atoms with Gasteiger partial charge in [-0.2, -0.15) is 0 Å². The number of carbonyl (C=O) groups is 1. The predicted octanol–water partition coefficient (Wildman–Crippen LogP) is 2.10.